The Morgan fingerprint density at radius 3 is 2.65 bits per heavy atom. The molecule has 2 heterocycles. The highest BCUT2D eigenvalue weighted by atomic mass is 16.5. The van der Waals surface area contributed by atoms with Crippen molar-refractivity contribution in [1.82, 2.24) is 0 Å². The summed E-state index contributed by atoms with van der Waals surface area (Å²) in [4.78, 5) is 26.8. The van der Waals surface area contributed by atoms with Crippen LogP contribution >= 0.6 is 0 Å². The van der Waals surface area contributed by atoms with Crippen molar-refractivity contribution in [2.45, 2.75) is 45.6 Å². The van der Waals surface area contributed by atoms with Gasteiger partial charge in [-0.2, -0.15) is 0 Å². The molecule has 3 atom stereocenters. The van der Waals surface area contributed by atoms with Crippen LogP contribution in [0.5, 0.6) is 0 Å². The highest BCUT2D eigenvalue weighted by molar-refractivity contribution is 5.93. The second-order valence-corrected chi connectivity index (χ2v) is 8.89. The zero-order chi connectivity index (χ0) is 21.8. The third kappa shape index (κ3) is 5.16. The summed E-state index contributed by atoms with van der Waals surface area (Å²) in [6.07, 6.45) is 2.37. The Kier molecular flexibility index (Phi) is 6.71. The number of hydrogen-bond acceptors (Lipinski definition) is 4. The van der Waals surface area contributed by atoms with E-state index in [1.807, 2.05) is 35.2 Å². The summed E-state index contributed by atoms with van der Waals surface area (Å²) in [5.74, 6) is 0.587. The Morgan fingerprint density at radius 1 is 1.13 bits per heavy atom. The molecule has 31 heavy (non-hydrogen) atoms. The van der Waals surface area contributed by atoms with E-state index in [2.05, 4.69) is 25.1 Å². The maximum Gasteiger partial charge on any atom is 0.306 e. The van der Waals surface area contributed by atoms with Crippen molar-refractivity contribution in [3.05, 3.63) is 65.2 Å². The summed E-state index contributed by atoms with van der Waals surface area (Å²) >= 11 is 0. The van der Waals surface area contributed by atoms with Crippen LogP contribution in [0.3, 0.4) is 0 Å². The molecule has 1 fully saturated rings. The van der Waals surface area contributed by atoms with Crippen molar-refractivity contribution in [3.63, 3.8) is 0 Å². The first-order chi connectivity index (χ1) is 15.0. The zero-order valence-corrected chi connectivity index (χ0v) is 18.4. The molecule has 0 radical (unpaired) electrons. The second-order valence-electron chi connectivity index (χ2n) is 8.89. The number of rotatable bonds is 6. The summed E-state index contributed by atoms with van der Waals surface area (Å²) < 4.78 is 11.1. The third-order valence-electron chi connectivity index (χ3n) is 6.50. The van der Waals surface area contributed by atoms with E-state index in [1.165, 1.54) is 5.56 Å². The van der Waals surface area contributed by atoms with Gasteiger partial charge >= 0.3 is 5.97 Å². The molecular weight excluding hydrogens is 390 g/mol. The van der Waals surface area contributed by atoms with Crippen LogP contribution in [0.1, 0.15) is 49.3 Å². The Morgan fingerprint density at radius 2 is 1.94 bits per heavy atom. The molecule has 4 rings (SSSR count). The number of benzene rings is 2. The summed E-state index contributed by atoms with van der Waals surface area (Å²) in [7, 11) is 0. The fraction of sp³-hybridized carbons (Fsp3) is 0.462. The molecule has 0 aliphatic carbocycles. The van der Waals surface area contributed by atoms with Crippen molar-refractivity contribution in [3.8, 4) is 0 Å². The highest BCUT2D eigenvalue weighted by Gasteiger charge is 2.34. The topological polar surface area (TPSA) is 55.8 Å². The maximum absolute atomic E-state index is 12.7. The van der Waals surface area contributed by atoms with Gasteiger partial charge in [0.25, 0.3) is 0 Å². The maximum atomic E-state index is 12.7. The predicted molar refractivity (Wildman–Crippen MR) is 120 cm³/mol. The molecule has 2 aliphatic heterocycles. The Bertz CT molecular complexity index is 920. The first kappa shape index (κ1) is 21.6. The van der Waals surface area contributed by atoms with Crippen LogP contribution in [0, 0.1) is 11.8 Å². The first-order valence-electron chi connectivity index (χ1n) is 11.2. The van der Waals surface area contributed by atoms with Crippen molar-refractivity contribution < 1.29 is 19.1 Å². The van der Waals surface area contributed by atoms with Gasteiger partial charge in [-0.15, -0.1) is 0 Å². The zero-order valence-electron chi connectivity index (χ0n) is 18.4. The van der Waals surface area contributed by atoms with Gasteiger partial charge in [0, 0.05) is 38.3 Å². The van der Waals surface area contributed by atoms with E-state index >= 15 is 0 Å². The molecule has 0 saturated carbocycles. The monoisotopic (exact) mass is 421 g/mol. The van der Waals surface area contributed by atoms with E-state index in [-0.39, 0.29) is 30.3 Å². The Hall–Kier alpha value is -2.66. The molecule has 0 spiro atoms. The molecule has 5 nitrogen and oxygen atoms in total. The Labute approximate surface area is 184 Å². The average molecular weight is 422 g/mol. The van der Waals surface area contributed by atoms with Crippen LogP contribution in [0.4, 0.5) is 5.69 Å². The van der Waals surface area contributed by atoms with Crippen LogP contribution in [-0.2, 0) is 32.1 Å². The molecule has 2 aromatic carbocycles. The molecule has 1 amide bonds. The number of amides is 1. The van der Waals surface area contributed by atoms with E-state index in [0.29, 0.717) is 18.9 Å². The fourth-order valence-electron chi connectivity index (χ4n) is 4.76. The van der Waals surface area contributed by atoms with Gasteiger partial charge < -0.3 is 14.4 Å². The van der Waals surface area contributed by atoms with Gasteiger partial charge in [0.05, 0.1) is 6.42 Å². The summed E-state index contributed by atoms with van der Waals surface area (Å²) in [6.45, 7) is 6.27. The first-order valence-corrected chi connectivity index (χ1v) is 11.2. The second kappa shape index (κ2) is 9.65. The van der Waals surface area contributed by atoms with Gasteiger partial charge in [0.2, 0.25) is 5.91 Å². The van der Waals surface area contributed by atoms with E-state index in [0.717, 1.165) is 42.9 Å². The molecule has 2 aliphatic rings. The van der Waals surface area contributed by atoms with Crippen LogP contribution in [0.2, 0.25) is 0 Å². The van der Waals surface area contributed by atoms with Gasteiger partial charge in [-0.1, -0.05) is 49.4 Å². The fourth-order valence-corrected chi connectivity index (χ4v) is 4.76. The number of esters is 1. The number of fused-ring (bicyclic) bond motifs is 1. The molecule has 164 valence electrons. The Balaban J connectivity index is 1.53. The van der Waals surface area contributed by atoms with Crippen molar-refractivity contribution in [2.75, 3.05) is 24.7 Å². The number of carbonyl (C=O) groups excluding carboxylic acids is 2. The number of ether oxygens (including phenoxy) is 2. The number of nitrogens with zero attached hydrogens (tertiary/aromatic N) is 1. The molecule has 0 N–H and O–H groups in total. The van der Waals surface area contributed by atoms with Crippen molar-refractivity contribution in [1.29, 1.82) is 0 Å². The smallest absolute Gasteiger partial charge is 0.306 e. The van der Waals surface area contributed by atoms with E-state index in [9.17, 15) is 9.59 Å². The lowest BCUT2D eigenvalue weighted by Crippen LogP contribution is -2.40. The van der Waals surface area contributed by atoms with Gasteiger partial charge in [-0.3, -0.25) is 9.59 Å². The lowest BCUT2D eigenvalue weighted by molar-refractivity contribution is -0.145. The molecule has 1 unspecified atom stereocenters. The highest BCUT2D eigenvalue weighted by Crippen LogP contribution is 2.41. The van der Waals surface area contributed by atoms with Crippen LogP contribution in [0.25, 0.3) is 0 Å². The van der Waals surface area contributed by atoms with Gasteiger partial charge in [-0.05, 0) is 47.4 Å². The number of hydrogen-bond donors (Lipinski definition) is 0. The largest absolute Gasteiger partial charge is 0.461 e. The summed E-state index contributed by atoms with van der Waals surface area (Å²) in [5, 5.41) is 0. The standard InChI is InChI=1S/C26H31NO4/c1-18-15-27(19(2)28)25-9-8-21(12-22-10-11-30-16-22)13-24(25)23(18)14-26(29)31-17-20-6-4-3-5-7-20/h3-9,13,18,22-23H,10-12,14-17H2,1-2H3/t18-,22?,23+/m0/s1. The van der Waals surface area contributed by atoms with E-state index < -0.39 is 0 Å². The van der Waals surface area contributed by atoms with Crippen molar-refractivity contribution in [2.24, 2.45) is 11.8 Å². The molecular formula is C26H31NO4. The summed E-state index contributed by atoms with van der Waals surface area (Å²) in [5.41, 5.74) is 4.24. The normalized spacial score (nSPS) is 22.8. The van der Waals surface area contributed by atoms with E-state index in [4.69, 9.17) is 9.47 Å². The van der Waals surface area contributed by atoms with E-state index in [1.54, 1.807) is 6.92 Å². The quantitative estimate of drug-likeness (QED) is 0.645. The lowest BCUT2D eigenvalue weighted by Gasteiger charge is -2.38. The molecule has 0 aromatic heterocycles. The van der Waals surface area contributed by atoms with Crippen LogP contribution in [-0.4, -0.2) is 31.6 Å². The number of carbonyl (C=O) groups is 2. The summed E-state index contributed by atoms with van der Waals surface area (Å²) in [6, 6.07) is 16.1. The van der Waals surface area contributed by atoms with Gasteiger partial charge in [-0.25, -0.2) is 0 Å². The predicted octanol–water partition coefficient (Wildman–Crippen LogP) is 4.49. The minimum absolute atomic E-state index is 0.0358. The van der Waals surface area contributed by atoms with Crippen molar-refractivity contribution >= 4 is 17.6 Å². The molecule has 2 aromatic rings. The molecule has 0 bridgehead atoms. The lowest BCUT2D eigenvalue weighted by atomic mass is 9.79. The van der Waals surface area contributed by atoms with Crippen LogP contribution < -0.4 is 4.90 Å². The average Bonchev–Trinajstić information content (AvgIpc) is 3.27. The molecule has 1 saturated heterocycles. The third-order valence-corrected chi connectivity index (χ3v) is 6.50. The molecule has 5 heteroatoms. The minimum atomic E-state index is -0.197. The van der Waals surface area contributed by atoms with Gasteiger partial charge in [0.15, 0.2) is 0 Å². The number of anilines is 1. The minimum Gasteiger partial charge on any atom is -0.461 e. The van der Waals surface area contributed by atoms with Gasteiger partial charge in [0.1, 0.15) is 6.61 Å². The van der Waals surface area contributed by atoms with Crippen LogP contribution in [0.15, 0.2) is 48.5 Å². The SMILES string of the molecule is CC(=O)N1C[C@H](C)[C@@H](CC(=O)OCc2ccccc2)c2cc(CC3CCOC3)ccc21.